The SMILES string of the molecule is CCCCCCCCCCCCCCCCO[C@@H]1O[C@H](CO)[C@@H](O)[C@H](O[C@H](C)C(=O)N[C@@H](C)C(=O)NC(CCC(=O)NC[14C](=O)OC)C(N)=O)[C@H]1NC(C)=O. The molecule has 318 valence electrons. The molecule has 0 bridgehead atoms. The molecule has 1 unspecified atom stereocenters. The number of methoxy groups -OCH3 is 1. The Morgan fingerprint density at radius 1 is 0.873 bits per heavy atom. The van der Waals surface area contributed by atoms with Crippen LogP contribution in [-0.2, 0) is 47.7 Å². The molecule has 17 heteroatoms. The second-order valence-electron chi connectivity index (χ2n) is 14.2. The normalized spacial score (nSPS) is 21.1. The average molecular weight is 790 g/mol. The Labute approximate surface area is 326 Å². The van der Waals surface area contributed by atoms with Crippen molar-refractivity contribution >= 4 is 35.5 Å². The van der Waals surface area contributed by atoms with Gasteiger partial charge in [0, 0.05) is 20.0 Å². The quantitative estimate of drug-likeness (QED) is 0.0403. The van der Waals surface area contributed by atoms with Crippen molar-refractivity contribution in [2.24, 2.45) is 5.73 Å². The maximum Gasteiger partial charge on any atom is 0.325 e. The molecule has 8 atom stereocenters. The summed E-state index contributed by atoms with van der Waals surface area (Å²) in [4.78, 5) is 73.4. The predicted molar refractivity (Wildman–Crippen MR) is 203 cm³/mol. The number of unbranched alkanes of at least 4 members (excludes halogenated alkanes) is 13. The van der Waals surface area contributed by atoms with E-state index >= 15 is 0 Å². The number of ether oxygens (including phenoxy) is 4. The van der Waals surface area contributed by atoms with Crippen LogP contribution in [0.15, 0.2) is 0 Å². The number of rotatable bonds is 30. The van der Waals surface area contributed by atoms with Crippen LogP contribution in [0.3, 0.4) is 0 Å². The second kappa shape index (κ2) is 28.9. The number of aliphatic hydroxyl groups is 2. The lowest BCUT2D eigenvalue weighted by Crippen LogP contribution is -2.66. The van der Waals surface area contributed by atoms with Crippen LogP contribution in [0.4, 0.5) is 0 Å². The molecule has 0 aromatic rings. The van der Waals surface area contributed by atoms with Gasteiger partial charge in [0.1, 0.15) is 49.1 Å². The van der Waals surface area contributed by atoms with Crippen molar-refractivity contribution in [1.82, 2.24) is 21.3 Å². The summed E-state index contributed by atoms with van der Waals surface area (Å²) in [5.74, 6) is -4.16. The number of aliphatic hydroxyl groups excluding tert-OH is 2. The zero-order valence-electron chi connectivity index (χ0n) is 33.6. The molecule has 0 aliphatic carbocycles. The average Bonchev–Trinajstić information content (AvgIpc) is 3.15. The Morgan fingerprint density at radius 2 is 1.44 bits per heavy atom. The summed E-state index contributed by atoms with van der Waals surface area (Å²) in [5.41, 5.74) is 5.40. The fourth-order valence-electron chi connectivity index (χ4n) is 6.14. The van der Waals surface area contributed by atoms with Gasteiger partial charge in [0.2, 0.25) is 29.5 Å². The maximum absolute atomic E-state index is 13.1. The molecule has 0 aromatic carbocycles. The zero-order chi connectivity index (χ0) is 41.2. The fourth-order valence-corrected chi connectivity index (χ4v) is 6.14. The smallest absolute Gasteiger partial charge is 0.325 e. The van der Waals surface area contributed by atoms with Gasteiger partial charge in [-0.25, -0.2) is 0 Å². The van der Waals surface area contributed by atoms with Crippen LogP contribution in [-0.4, -0.2) is 121 Å². The summed E-state index contributed by atoms with van der Waals surface area (Å²) < 4.78 is 22.2. The molecule has 0 spiro atoms. The van der Waals surface area contributed by atoms with Crippen molar-refractivity contribution in [1.29, 1.82) is 0 Å². The van der Waals surface area contributed by atoms with Crippen molar-refractivity contribution in [3.8, 4) is 0 Å². The summed E-state index contributed by atoms with van der Waals surface area (Å²) >= 11 is 0. The van der Waals surface area contributed by atoms with Gasteiger partial charge in [0.05, 0.1) is 13.7 Å². The Balaban J connectivity index is 2.65. The monoisotopic (exact) mass is 789 g/mol. The van der Waals surface area contributed by atoms with Crippen LogP contribution < -0.4 is 27.0 Å². The number of hydrogen-bond acceptors (Lipinski definition) is 12. The van der Waals surface area contributed by atoms with Crippen molar-refractivity contribution in [2.75, 3.05) is 26.9 Å². The van der Waals surface area contributed by atoms with Crippen LogP contribution in [0.25, 0.3) is 0 Å². The second-order valence-corrected chi connectivity index (χ2v) is 14.2. The van der Waals surface area contributed by atoms with E-state index in [0.29, 0.717) is 6.61 Å². The topological polar surface area (TPSA) is 254 Å². The highest BCUT2D eigenvalue weighted by atomic mass is 16.8. The van der Waals surface area contributed by atoms with Crippen molar-refractivity contribution < 1.29 is 57.9 Å². The van der Waals surface area contributed by atoms with Gasteiger partial charge < -0.3 is 56.2 Å². The first-order valence-electron chi connectivity index (χ1n) is 20.0. The Bertz CT molecular complexity index is 1160. The van der Waals surface area contributed by atoms with Crippen LogP contribution in [0.5, 0.6) is 0 Å². The third kappa shape index (κ3) is 20.9. The van der Waals surface area contributed by atoms with Gasteiger partial charge in [0.15, 0.2) is 6.29 Å². The zero-order valence-corrected chi connectivity index (χ0v) is 33.6. The van der Waals surface area contributed by atoms with Gasteiger partial charge >= 0.3 is 5.97 Å². The highest BCUT2D eigenvalue weighted by molar-refractivity contribution is 5.92. The summed E-state index contributed by atoms with van der Waals surface area (Å²) in [7, 11) is 1.16. The number of carbonyl (C=O) groups is 6. The fraction of sp³-hybridized carbons (Fsp3) is 0.842. The van der Waals surface area contributed by atoms with Crippen LogP contribution in [0.1, 0.15) is 130 Å². The minimum atomic E-state index is -1.46. The molecule has 0 saturated carbocycles. The van der Waals surface area contributed by atoms with E-state index in [4.69, 9.17) is 19.9 Å². The molecule has 1 rings (SSSR count). The third-order valence-electron chi connectivity index (χ3n) is 9.46. The Morgan fingerprint density at radius 3 is 1.95 bits per heavy atom. The molecule has 1 saturated heterocycles. The molecule has 1 aliphatic rings. The van der Waals surface area contributed by atoms with Gasteiger partial charge in [-0.05, 0) is 26.7 Å². The number of nitrogens with two attached hydrogens (primary N) is 1. The summed E-state index contributed by atoms with van der Waals surface area (Å²) in [6.07, 6.45) is 10.2. The minimum absolute atomic E-state index is 0.172. The van der Waals surface area contributed by atoms with Gasteiger partial charge in [-0.2, -0.15) is 0 Å². The Hall–Kier alpha value is -3.38. The highest BCUT2D eigenvalue weighted by Gasteiger charge is 2.48. The molecule has 1 heterocycles. The predicted octanol–water partition coefficient (Wildman–Crippen LogP) is 1.39. The number of nitrogens with one attached hydrogen (secondary N) is 4. The maximum atomic E-state index is 13.1. The van der Waals surface area contributed by atoms with E-state index in [1.807, 2.05) is 0 Å². The Kier molecular flexibility index (Phi) is 26.1. The first kappa shape index (κ1) is 49.6. The summed E-state index contributed by atoms with van der Waals surface area (Å²) in [5, 5.41) is 30.8. The minimum Gasteiger partial charge on any atom is -0.468 e. The number of carbonyl (C=O) groups excluding carboxylic acids is 6. The number of hydrogen-bond donors (Lipinski definition) is 7. The molecule has 55 heavy (non-hydrogen) atoms. The van der Waals surface area contributed by atoms with E-state index in [1.54, 1.807) is 0 Å². The molecule has 1 fully saturated rings. The lowest BCUT2D eigenvalue weighted by molar-refractivity contribution is -0.280. The number of primary amides is 1. The largest absolute Gasteiger partial charge is 0.468 e. The van der Waals surface area contributed by atoms with E-state index in [2.05, 4.69) is 32.9 Å². The standard InChI is InChI=1S/C38H69N5O12/c1-6-7-8-9-10-11-12-13-14-15-16-17-18-19-22-53-38-32(42-27(4)45)34(33(48)29(24-44)55-38)54-26(3)37(51)41-25(2)36(50)43-28(35(39)49)20-21-30(46)40-23-31(47)52-5/h25-26,28-29,32-34,38,44,48H,6-24H2,1-5H3,(H2,39,49)(H,40,46)(H,41,51)(H,42,45)(H,43,50)/t25-,26+,28?,29+,32+,33+,34+,38+/m0/s1/i31+2. The summed E-state index contributed by atoms with van der Waals surface area (Å²) in [6, 6.07) is -3.48. The van der Waals surface area contributed by atoms with Crippen molar-refractivity contribution in [3.05, 3.63) is 0 Å². The van der Waals surface area contributed by atoms with Crippen molar-refractivity contribution in [3.63, 3.8) is 0 Å². The van der Waals surface area contributed by atoms with E-state index < -0.39 is 90.9 Å². The first-order chi connectivity index (χ1) is 26.2. The van der Waals surface area contributed by atoms with E-state index in [1.165, 1.54) is 85.0 Å². The molecule has 5 amide bonds. The van der Waals surface area contributed by atoms with Crippen LogP contribution >= 0.6 is 0 Å². The molecule has 8 N–H and O–H groups in total. The third-order valence-corrected chi connectivity index (χ3v) is 9.46. The van der Waals surface area contributed by atoms with E-state index in [-0.39, 0.29) is 19.4 Å². The molecular formula is C38H69N5O12. The van der Waals surface area contributed by atoms with Crippen LogP contribution in [0.2, 0.25) is 0 Å². The van der Waals surface area contributed by atoms with Gasteiger partial charge in [-0.1, -0.05) is 90.4 Å². The van der Waals surface area contributed by atoms with Crippen LogP contribution in [0, 0.1) is 0 Å². The lowest BCUT2D eigenvalue weighted by atomic mass is 9.96. The highest BCUT2D eigenvalue weighted by Crippen LogP contribution is 2.26. The van der Waals surface area contributed by atoms with Crippen molar-refractivity contribution in [2.45, 2.75) is 179 Å². The van der Waals surface area contributed by atoms with Gasteiger partial charge in [0.25, 0.3) is 0 Å². The van der Waals surface area contributed by atoms with E-state index in [9.17, 15) is 39.0 Å². The molecule has 17 nitrogen and oxygen atoms in total. The number of esters is 1. The molecule has 1 aliphatic heterocycles. The molecule has 0 aromatic heterocycles. The molecule has 0 radical (unpaired) electrons. The summed E-state index contributed by atoms with van der Waals surface area (Å²) in [6.45, 7) is 5.59. The van der Waals surface area contributed by atoms with E-state index in [0.717, 1.165) is 32.8 Å². The van der Waals surface area contributed by atoms with Gasteiger partial charge in [-0.3, -0.25) is 28.8 Å². The lowest BCUT2D eigenvalue weighted by Gasteiger charge is -2.44. The van der Waals surface area contributed by atoms with Gasteiger partial charge in [-0.15, -0.1) is 0 Å². The first-order valence-corrected chi connectivity index (χ1v) is 20.0. The number of amides is 5. The molecular weight excluding hydrogens is 720 g/mol.